The van der Waals surface area contributed by atoms with Crippen LogP contribution in [0.1, 0.15) is 24.0 Å². The molecule has 0 aliphatic carbocycles. The SMILES string of the molecule is C=CC(=O)N(c1c(C#N)c(=O)[nH]c2cc(C)ccc12)C1CCNCC1. The molecule has 0 radical (unpaired) electrons. The summed E-state index contributed by atoms with van der Waals surface area (Å²) in [6.45, 7) is 7.09. The molecule has 2 aromatic rings. The Balaban J connectivity index is 2.32. The molecule has 1 aromatic heterocycles. The van der Waals surface area contributed by atoms with E-state index in [0.717, 1.165) is 31.5 Å². The van der Waals surface area contributed by atoms with E-state index in [2.05, 4.69) is 16.9 Å². The molecule has 1 aliphatic rings. The predicted molar refractivity (Wildman–Crippen MR) is 97.6 cm³/mol. The lowest BCUT2D eigenvalue weighted by Crippen LogP contribution is -2.46. The van der Waals surface area contributed by atoms with Gasteiger partial charge in [0.2, 0.25) is 0 Å². The highest BCUT2D eigenvalue weighted by atomic mass is 16.2. The zero-order chi connectivity index (χ0) is 18.0. The van der Waals surface area contributed by atoms with Crippen molar-refractivity contribution in [2.24, 2.45) is 0 Å². The lowest BCUT2D eigenvalue weighted by molar-refractivity contribution is -0.114. The summed E-state index contributed by atoms with van der Waals surface area (Å²) in [5, 5.41) is 13.5. The number of anilines is 1. The van der Waals surface area contributed by atoms with Crippen molar-refractivity contribution in [3.63, 3.8) is 0 Å². The lowest BCUT2D eigenvalue weighted by Gasteiger charge is -2.35. The van der Waals surface area contributed by atoms with E-state index in [1.54, 1.807) is 4.90 Å². The average Bonchev–Trinajstić information content (AvgIpc) is 2.62. The van der Waals surface area contributed by atoms with Gasteiger partial charge >= 0.3 is 0 Å². The fourth-order valence-electron chi connectivity index (χ4n) is 3.38. The first-order chi connectivity index (χ1) is 12.1. The van der Waals surface area contributed by atoms with Gasteiger partial charge in [0.25, 0.3) is 11.5 Å². The van der Waals surface area contributed by atoms with Crippen molar-refractivity contribution >= 4 is 22.5 Å². The molecule has 6 heteroatoms. The molecule has 1 aliphatic heterocycles. The number of aromatic nitrogens is 1. The predicted octanol–water partition coefficient (Wildman–Crippen LogP) is 1.98. The zero-order valence-corrected chi connectivity index (χ0v) is 14.1. The number of fused-ring (bicyclic) bond motifs is 1. The molecule has 0 unspecified atom stereocenters. The Labute approximate surface area is 145 Å². The Morgan fingerprint density at radius 1 is 1.40 bits per heavy atom. The maximum absolute atomic E-state index is 12.7. The zero-order valence-electron chi connectivity index (χ0n) is 14.1. The van der Waals surface area contributed by atoms with Crippen LogP contribution in [0.15, 0.2) is 35.6 Å². The van der Waals surface area contributed by atoms with Gasteiger partial charge in [-0.25, -0.2) is 0 Å². The number of amides is 1. The number of nitrogens with zero attached hydrogens (tertiary/aromatic N) is 2. The largest absolute Gasteiger partial charge is 0.321 e. The highest BCUT2D eigenvalue weighted by molar-refractivity contribution is 6.08. The van der Waals surface area contributed by atoms with Gasteiger partial charge in [-0.1, -0.05) is 18.7 Å². The first-order valence-electron chi connectivity index (χ1n) is 8.30. The van der Waals surface area contributed by atoms with Crippen LogP contribution in [0, 0.1) is 18.3 Å². The van der Waals surface area contributed by atoms with Crippen LogP contribution in [0.3, 0.4) is 0 Å². The van der Waals surface area contributed by atoms with Crippen molar-refractivity contribution in [1.82, 2.24) is 10.3 Å². The number of piperidine rings is 1. The molecular weight excluding hydrogens is 316 g/mol. The molecule has 0 bridgehead atoms. The maximum atomic E-state index is 12.7. The highest BCUT2D eigenvalue weighted by Gasteiger charge is 2.30. The van der Waals surface area contributed by atoms with E-state index in [1.165, 1.54) is 6.08 Å². The summed E-state index contributed by atoms with van der Waals surface area (Å²) < 4.78 is 0. The van der Waals surface area contributed by atoms with E-state index in [-0.39, 0.29) is 17.5 Å². The Kier molecular flexibility index (Phi) is 4.68. The van der Waals surface area contributed by atoms with Crippen LogP contribution < -0.4 is 15.8 Å². The smallest absolute Gasteiger partial charge is 0.268 e. The summed E-state index contributed by atoms with van der Waals surface area (Å²) in [6, 6.07) is 7.51. The Morgan fingerprint density at radius 3 is 2.76 bits per heavy atom. The third-order valence-corrected chi connectivity index (χ3v) is 4.58. The minimum absolute atomic E-state index is 0.0370. The molecule has 2 heterocycles. The quantitative estimate of drug-likeness (QED) is 0.839. The van der Waals surface area contributed by atoms with Crippen LogP contribution in [0.5, 0.6) is 0 Å². The summed E-state index contributed by atoms with van der Waals surface area (Å²) in [5.41, 5.74) is 1.48. The summed E-state index contributed by atoms with van der Waals surface area (Å²) in [6.07, 6.45) is 2.75. The minimum atomic E-state index is -0.480. The van der Waals surface area contributed by atoms with Gasteiger partial charge in [-0.15, -0.1) is 0 Å². The van der Waals surface area contributed by atoms with Crippen molar-refractivity contribution in [3.05, 3.63) is 52.3 Å². The van der Waals surface area contributed by atoms with Crippen LogP contribution in [0.25, 0.3) is 10.9 Å². The molecule has 3 rings (SSSR count). The number of aromatic amines is 1. The molecule has 6 nitrogen and oxygen atoms in total. The number of aryl methyl sites for hydroxylation is 1. The molecule has 0 spiro atoms. The van der Waals surface area contributed by atoms with Crippen LogP contribution >= 0.6 is 0 Å². The van der Waals surface area contributed by atoms with Crippen molar-refractivity contribution in [1.29, 1.82) is 5.26 Å². The molecule has 128 valence electrons. The van der Waals surface area contributed by atoms with Gasteiger partial charge in [0.15, 0.2) is 0 Å². The molecule has 1 saturated heterocycles. The molecule has 0 saturated carbocycles. The van der Waals surface area contributed by atoms with E-state index in [1.807, 2.05) is 31.2 Å². The fourth-order valence-corrected chi connectivity index (χ4v) is 3.38. The van der Waals surface area contributed by atoms with Gasteiger partial charge in [-0.3, -0.25) is 9.59 Å². The molecule has 1 amide bonds. The normalized spacial score (nSPS) is 14.9. The lowest BCUT2D eigenvalue weighted by atomic mass is 10.00. The Morgan fingerprint density at radius 2 is 2.12 bits per heavy atom. The number of hydrogen-bond donors (Lipinski definition) is 2. The summed E-state index contributed by atoms with van der Waals surface area (Å²) >= 11 is 0. The number of nitriles is 1. The second kappa shape index (κ2) is 6.91. The van der Waals surface area contributed by atoms with Crippen molar-refractivity contribution in [3.8, 4) is 6.07 Å². The van der Waals surface area contributed by atoms with E-state index in [4.69, 9.17) is 0 Å². The van der Waals surface area contributed by atoms with Crippen molar-refractivity contribution < 1.29 is 4.79 Å². The second-order valence-electron chi connectivity index (χ2n) is 6.23. The number of rotatable bonds is 3. The van der Waals surface area contributed by atoms with E-state index >= 15 is 0 Å². The van der Waals surface area contributed by atoms with Crippen LogP contribution in [-0.2, 0) is 4.79 Å². The number of nitrogens with one attached hydrogen (secondary N) is 2. The first-order valence-corrected chi connectivity index (χ1v) is 8.30. The van der Waals surface area contributed by atoms with Gasteiger partial charge in [0.1, 0.15) is 11.6 Å². The van der Waals surface area contributed by atoms with E-state index in [0.29, 0.717) is 16.6 Å². The molecule has 2 N–H and O–H groups in total. The third-order valence-electron chi connectivity index (χ3n) is 4.58. The van der Waals surface area contributed by atoms with E-state index < -0.39 is 5.56 Å². The molecule has 25 heavy (non-hydrogen) atoms. The second-order valence-corrected chi connectivity index (χ2v) is 6.23. The fraction of sp³-hybridized carbons (Fsp3) is 0.316. The van der Waals surface area contributed by atoms with Crippen LogP contribution in [-0.4, -0.2) is 30.0 Å². The van der Waals surface area contributed by atoms with Crippen LogP contribution in [0.4, 0.5) is 5.69 Å². The van der Waals surface area contributed by atoms with Gasteiger partial charge in [-0.2, -0.15) is 5.26 Å². The summed E-state index contributed by atoms with van der Waals surface area (Å²) in [4.78, 5) is 29.4. The van der Waals surface area contributed by atoms with Gasteiger partial charge in [-0.05, 0) is 50.6 Å². The molecular formula is C19H20N4O2. The van der Waals surface area contributed by atoms with Gasteiger partial charge in [0.05, 0.1) is 11.2 Å². The number of carbonyl (C=O) groups is 1. The van der Waals surface area contributed by atoms with Crippen LogP contribution in [0.2, 0.25) is 0 Å². The topological polar surface area (TPSA) is 89.0 Å². The molecule has 1 fully saturated rings. The third kappa shape index (κ3) is 3.06. The standard InChI is InChI=1S/C19H20N4O2/c1-3-17(24)23(13-6-8-21-9-7-13)18-14-5-4-12(2)10-16(14)22-19(25)15(18)11-20/h3-5,10,13,21H,1,6-9H2,2H3,(H,22,25). The number of hydrogen-bond acceptors (Lipinski definition) is 4. The summed E-state index contributed by atoms with van der Waals surface area (Å²) in [7, 11) is 0. The molecule has 0 atom stereocenters. The monoisotopic (exact) mass is 336 g/mol. The van der Waals surface area contributed by atoms with Gasteiger partial charge < -0.3 is 15.2 Å². The maximum Gasteiger partial charge on any atom is 0.268 e. The Hall–Kier alpha value is -2.91. The van der Waals surface area contributed by atoms with Crippen molar-refractivity contribution in [2.45, 2.75) is 25.8 Å². The Bertz CT molecular complexity index is 933. The minimum Gasteiger partial charge on any atom is -0.321 e. The first kappa shape index (κ1) is 16.9. The number of pyridine rings is 1. The number of carbonyl (C=O) groups excluding carboxylic acids is 1. The van der Waals surface area contributed by atoms with Gasteiger partial charge in [0, 0.05) is 11.4 Å². The number of H-pyrrole nitrogens is 1. The summed E-state index contributed by atoms with van der Waals surface area (Å²) in [5.74, 6) is -0.295. The van der Waals surface area contributed by atoms with Crippen molar-refractivity contribution in [2.75, 3.05) is 18.0 Å². The average molecular weight is 336 g/mol. The number of benzene rings is 1. The highest BCUT2D eigenvalue weighted by Crippen LogP contribution is 2.31. The van der Waals surface area contributed by atoms with E-state index in [9.17, 15) is 14.9 Å². The molecule has 1 aromatic carbocycles.